The Hall–Kier alpha value is -1.56. The smallest absolute Gasteiger partial charge is 0.354 e. The second-order valence-electron chi connectivity index (χ2n) is 4.93. The van der Waals surface area contributed by atoms with Crippen LogP contribution in [0.4, 0.5) is 0 Å². The third kappa shape index (κ3) is 3.72. The molecule has 1 saturated carbocycles. The minimum Gasteiger partial charge on any atom is -0.477 e. The molecule has 5 nitrogen and oxygen atoms in total. The van der Waals surface area contributed by atoms with E-state index in [4.69, 9.17) is 5.11 Å². The van der Waals surface area contributed by atoms with Gasteiger partial charge in [-0.3, -0.25) is 4.79 Å². The van der Waals surface area contributed by atoms with Gasteiger partial charge in [0.05, 0.1) is 0 Å². The summed E-state index contributed by atoms with van der Waals surface area (Å²) >= 11 is 1.84. The van der Waals surface area contributed by atoms with E-state index in [1.54, 1.807) is 0 Å². The summed E-state index contributed by atoms with van der Waals surface area (Å²) in [5.74, 6) is -1.35. The summed E-state index contributed by atoms with van der Waals surface area (Å²) < 4.78 is 0. The summed E-state index contributed by atoms with van der Waals surface area (Å²) in [6.45, 7) is 0. The van der Waals surface area contributed by atoms with Gasteiger partial charge in [0.15, 0.2) is 0 Å². The highest BCUT2D eigenvalue weighted by molar-refractivity contribution is 7.99. The van der Waals surface area contributed by atoms with E-state index in [0.717, 1.165) is 19.3 Å². The third-order valence-corrected chi connectivity index (χ3v) is 4.63. The average Bonchev–Trinajstić information content (AvgIpc) is 2.47. The van der Waals surface area contributed by atoms with Crippen molar-refractivity contribution in [3.8, 4) is 0 Å². The molecule has 1 aromatic rings. The standard InChI is InChI=1S/C14H18N2O3S/c1-20-11-4-2-3-10(8-11)16-13(17)9-5-6-15-12(7-9)14(18)19/h5-7,10-11H,2-4,8H2,1H3,(H,16,17)(H,18,19). The van der Waals surface area contributed by atoms with Crippen LogP contribution in [0.15, 0.2) is 18.3 Å². The van der Waals surface area contributed by atoms with Crippen molar-refractivity contribution in [2.24, 2.45) is 0 Å². The second kappa shape index (κ2) is 6.74. The number of pyridine rings is 1. The van der Waals surface area contributed by atoms with E-state index in [0.29, 0.717) is 10.8 Å². The minimum atomic E-state index is -1.13. The Labute approximate surface area is 122 Å². The van der Waals surface area contributed by atoms with Crippen LogP contribution in [0.2, 0.25) is 0 Å². The van der Waals surface area contributed by atoms with Gasteiger partial charge in [0.2, 0.25) is 0 Å². The number of nitrogens with zero attached hydrogens (tertiary/aromatic N) is 1. The molecule has 108 valence electrons. The summed E-state index contributed by atoms with van der Waals surface area (Å²) in [6.07, 6.45) is 7.73. The first kappa shape index (κ1) is 14.8. The molecule has 0 aliphatic heterocycles. The third-order valence-electron chi connectivity index (χ3n) is 3.54. The van der Waals surface area contributed by atoms with Crippen LogP contribution in [-0.4, -0.2) is 39.5 Å². The zero-order chi connectivity index (χ0) is 14.5. The number of hydrogen-bond donors (Lipinski definition) is 2. The van der Waals surface area contributed by atoms with Gasteiger partial charge in [-0.15, -0.1) is 0 Å². The molecule has 1 aromatic heterocycles. The molecule has 1 amide bonds. The van der Waals surface area contributed by atoms with Crippen LogP contribution in [0.3, 0.4) is 0 Å². The first-order valence-electron chi connectivity index (χ1n) is 6.63. The van der Waals surface area contributed by atoms with Crippen LogP contribution in [0.25, 0.3) is 0 Å². The summed E-state index contributed by atoms with van der Waals surface area (Å²) in [6, 6.07) is 3.03. The number of aromatic carboxylic acids is 1. The van der Waals surface area contributed by atoms with Crippen molar-refractivity contribution < 1.29 is 14.7 Å². The normalized spacial score (nSPS) is 22.2. The highest BCUT2D eigenvalue weighted by Crippen LogP contribution is 2.27. The Kier molecular flexibility index (Phi) is 5.00. The molecule has 2 N–H and O–H groups in total. The first-order chi connectivity index (χ1) is 9.60. The molecule has 1 fully saturated rings. The molecule has 2 atom stereocenters. The van der Waals surface area contributed by atoms with Crippen LogP contribution in [-0.2, 0) is 0 Å². The number of nitrogens with one attached hydrogen (secondary N) is 1. The maximum absolute atomic E-state index is 12.1. The lowest BCUT2D eigenvalue weighted by atomic mass is 9.94. The minimum absolute atomic E-state index is 0.108. The molecule has 1 heterocycles. The molecule has 0 aromatic carbocycles. The van der Waals surface area contributed by atoms with Crippen molar-refractivity contribution in [2.75, 3.05) is 6.26 Å². The van der Waals surface area contributed by atoms with Crippen molar-refractivity contribution in [2.45, 2.75) is 37.0 Å². The van der Waals surface area contributed by atoms with Crippen molar-refractivity contribution >= 4 is 23.6 Å². The number of carbonyl (C=O) groups is 2. The van der Waals surface area contributed by atoms with Gasteiger partial charge in [-0.2, -0.15) is 11.8 Å². The lowest BCUT2D eigenvalue weighted by Gasteiger charge is -2.28. The van der Waals surface area contributed by atoms with Crippen LogP contribution >= 0.6 is 11.8 Å². The molecule has 2 rings (SSSR count). The van der Waals surface area contributed by atoms with E-state index >= 15 is 0 Å². The molecular weight excluding hydrogens is 276 g/mol. The van der Waals surface area contributed by atoms with Gasteiger partial charge in [-0.05, 0) is 37.7 Å². The number of thioether (sulfide) groups is 1. The lowest BCUT2D eigenvalue weighted by molar-refractivity contribution is 0.0690. The van der Waals surface area contributed by atoms with E-state index in [1.165, 1.54) is 24.8 Å². The molecule has 1 aliphatic rings. The number of aromatic nitrogens is 1. The van der Waals surface area contributed by atoms with Crippen molar-refractivity contribution in [3.63, 3.8) is 0 Å². The molecule has 20 heavy (non-hydrogen) atoms. The Bertz CT molecular complexity index is 507. The van der Waals surface area contributed by atoms with Gasteiger partial charge in [0.1, 0.15) is 5.69 Å². The summed E-state index contributed by atoms with van der Waals surface area (Å²) in [7, 11) is 0. The topological polar surface area (TPSA) is 79.3 Å². The van der Waals surface area contributed by atoms with Gasteiger partial charge in [0, 0.05) is 23.1 Å². The number of carboxylic acid groups (broad SMARTS) is 1. The first-order valence-corrected chi connectivity index (χ1v) is 7.92. The maximum atomic E-state index is 12.1. The van der Waals surface area contributed by atoms with E-state index < -0.39 is 5.97 Å². The van der Waals surface area contributed by atoms with Crippen molar-refractivity contribution in [1.82, 2.24) is 10.3 Å². The molecule has 1 aliphatic carbocycles. The molecule has 6 heteroatoms. The SMILES string of the molecule is CSC1CCCC(NC(=O)c2ccnc(C(=O)O)c2)C1. The fraction of sp³-hybridized carbons (Fsp3) is 0.500. The van der Waals surface area contributed by atoms with Gasteiger partial charge in [-0.25, -0.2) is 9.78 Å². The van der Waals surface area contributed by atoms with Crippen LogP contribution < -0.4 is 5.32 Å². The lowest BCUT2D eigenvalue weighted by Crippen LogP contribution is -2.39. The fourth-order valence-corrected chi connectivity index (χ4v) is 3.27. The number of hydrogen-bond acceptors (Lipinski definition) is 4. The molecule has 0 spiro atoms. The van der Waals surface area contributed by atoms with Gasteiger partial charge in [0.25, 0.3) is 5.91 Å². The zero-order valence-corrected chi connectivity index (χ0v) is 12.2. The number of carbonyl (C=O) groups excluding carboxylic acids is 1. The summed E-state index contributed by atoms with van der Waals surface area (Å²) in [4.78, 5) is 26.7. The summed E-state index contributed by atoms with van der Waals surface area (Å²) in [5, 5.41) is 12.5. The van der Waals surface area contributed by atoms with E-state index in [-0.39, 0.29) is 17.6 Å². The molecule has 0 bridgehead atoms. The second-order valence-corrected chi connectivity index (χ2v) is 6.07. The van der Waals surface area contributed by atoms with Gasteiger partial charge in [-0.1, -0.05) is 6.42 Å². The zero-order valence-electron chi connectivity index (χ0n) is 11.3. The van der Waals surface area contributed by atoms with E-state index in [1.807, 2.05) is 11.8 Å². The van der Waals surface area contributed by atoms with Crippen LogP contribution in [0, 0.1) is 0 Å². The monoisotopic (exact) mass is 294 g/mol. The largest absolute Gasteiger partial charge is 0.477 e. The fourth-order valence-electron chi connectivity index (χ4n) is 2.45. The Morgan fingerprint density at radius 3 is 2.95 bits per heavy atom. The van der Waals surface area contributed by atoms with Crippen LogP contribution in [0.5, 0.6) is 0 Å². The van der Waals surface area contributed by atoms with E-state index in [9.17, 15) is 9.59 Å². The Morgan fingerprint density at radius 1 is 1.45 bits per heavy atom. The molecular formula is C14H18N2O3S. The van der Waals surface area contributed by atoms with E-state index in [2.05, 4.69) is 16.6 Å². The predicted molar refractivity (Wildman–Crippen MR) is 78.2 cm³/mol. The number of amides is 1. The predicted octanol–water partition coefficient (Wildman–Crippen LogP) is 2.18. The Morgan fingerprint density at radius 2 is 2.25 bits per heavy atom. The highest BCUT2D eigenvalue weighted by atomic mass is 32.2. The Balaban J connectivity index is 2.01. The number of rotatable bonds is 4. The number of carboxylic acids is 1. The van der Waals surface area contributed by atoms with Crippen molar-refractivity contribution in [1.29, 1.82) is 0 Å². The van der Waals surface area contributed by atoms with Crippen molar-refractivity contribution in [3.05, 3.63) is 29.6 Å². The summed E-state index contributed by atoms with van der Waals surface area (Å²) in [5.41, 5.74) is 0.243. The van der Waals surface area contributed by atoms with Gasteiger partial charge < -0.3 is 10.4 Å². The molecule has 0 radical (unpaired) electrons. The molecule has 0 saturated heterocycles. The maximum Gasteiger partial charge on any atom is 0.354 e. The average molecular weight is 294 g/mol. The van der Waals surface area contributed by atoms with Crippen LogP contribution in [0.1, 0.15) is 46.5 Å². The molecule has 2 unspecified atom stereocenters. The quantitative estimate of drug-likeness (QED) is 0.890. The van der Waals surface area contributed by atoms with Gasteiger partial charge >= 0.3 is 5.97 Å². The highest BCUT2D eigenvalue weighted by Gasteiger charge is 2.23.